The molecule has 50 valence electrons. The van der Waals surface area contributed by atoms with Crippen LogP contribution in [-0.4, -0.2) is 12.1 Å². The third-order valence-electron chi connectivity index (χ3n) is 0.908. The Morgan fingerprint density at radius 3 is 1.88 bits per heavy atom. The molecule has 0 fully saturated rings. The third-order valence-corrected chi connectivity index (χ3v) is 0.908. The van der Waals surface area contributed by atoms with E-state index in [1.54, 1.807) is 0 Å². The molecule has 0 radical (unpaired) electrons. The van der Waals surface area contributed by atoms with Crippen molar-refractivity contribution in [1.82, 2.24) is 0 Å². The Morgan fingerprint density at radius 1 is 1.50 bits per heavy atom. The molecule has 0 aliphatic carbocycles. The van der Waals surface area contributed by atoms with Gasteiger partial charge in [-0.1, -0.05) is 6.92 Å². The molecule has 0 rings (SSSR count). The molecule has 3 heteroatoms. The normalized spacial score (nSPS) is 16.1. The highest BCUT2D eigenvalue weighted by Gasteiger charge is 2.32. The van der Waals surface area contributed by atoms with Crippen LogP contribution in [0.15, 0.2) is 0 Å². The van der Waals surface area contributed by atoms with E-state index < -0.39 is 12.1 Å². The Morgan fingerprint density at radius 2 is 1.88 bits per heavy atom. The SMILES string of the molecule is CCC(F)C(C)(F)F. The second kappa shape index (κ2) is 2.37. The van der Waals surface area contributed by atoms with E-state index in [9.17, 15) is 13.2 Å². The van der Waals surface area contributed by atoms with Gasteiger partial charge in [0.05, 0.1) is 0 Å². The van der Waals surface area contributed by atoms with Gasteiger partial charge in [0.25, 0.3) is 5.92 Å². The van der Waals surface area contributed by atoms with Crippen LogP contribution >= 0.6 is 0 Å². The second-order valence-corrected chi connectivity index (χ2v) is 1.83. The standard InChI is InChI=1S/C5H9F3/c1-3-4(6)5(2,7)8/h4H,3H2,1-2H3. The van der Waals surface area contributed by atoms with Gasteiger partial charge in [0.1, 0.15) is 0 Å². The van der Waals surface area contributed by atoms with Crippen molar-refractivity contribution >= 4 is 0 Å². The molecule has 1 unspecified atom stereocenters. The molecule has 1 atom stereocenters. The van der Waals surface area contributed by atoms with Crippen LogP contribution in [0.2, 0.25) is 0 Å². The van der Waals surface area contributed by atoms with Crippen molar-refractivity contribution in [2.24, 2.45) is 0 Å². The molecule has 0 N–H and O–H groups in total. The summed E-state index contributed by atoms with van der Waals surface area (Å²) in [7, 11) is 0. The van der Waals surface area contributed by atoms with E-state index in [1.165, 1.54) is 6.92 Å². The Bertz CT molecular complexity index is 64.6. The maximum absolute atomic E-state index is 11.9. The first-order chi connectivity index (χ1) is 3.48. The van der Waals surface area contributed by atoms with Crippen LogP contribution in [0.3, 0.4) is 0 Å². The summed E-state index contributed by atoms with van der Waals surface area (Å²) < 4.78 is 35.4. The van der Waals surface area contributed by atoms with Gasteiger partial charge in [-0.25, -0.2) is 13.2 Å². The van der Waals surface area contributed by atoms with Crippen molar-refractivity contribution in [3.05, 3.63) is 0 Å². The van der Waals surface area contributed by atoms with Crippen molar-refractivity contribution in [1.29, 1.82) is 0 Å². The van der Waals surface area contributed by atoms with Gasteiger partial charge in [-0.2, -0.15) is 0 Å². The fraction of sp³-hybridized carbons (Fsp3) is 1.00. The van der Waals surface area contributed by atoms with Gasteiger partial charge in [0, 0.05) is 6.92 Å². The maximum Gasteiger partial charge on any atom is 0.275 e. The average Bonchev–Trinajstić information content (AvgIpc) is 1.62. The van der Waals surface area contributed by atoms with Crippen LogP contribution in [-0.2, 0) is 0 Å². The van der Waals surface area contributed by atoms with Gasteiger partial charge in [-0.15, -0.1) is 0 Å². The first-order valence-electron chi connectivity index (χ1n) is 2.50. The van der Waals surface area contributed by atoms with Crippen LogP contribution in [0, 0.1) is 0 Å². The largest absolute Gasteiger partial charge is 0.275 e. The molecule has 8 heavy (non-hydrogen) atoms. The van der Waals surface area contributed by atoms with Crippen molar-refractivity contribution in [2.75, 3.05) is 0 Å². The van der Waals surface area contributed by atoms with Gasteiger partial charge in [0.2, 0.25) is 0 Å². The molecule has 0 saturated carbocycles. The first kappa shape index (κ1) is 7.79. The lowest BCUT2D eigenvalue weighted by Crippen LogP contribution is -2.24. The minimum atomic E-state index is -3.16. The summed E-state index contributed by atoms with van der Waals surface area (Å²) in [6.07, 6.45) is -2.11. The smallest absolute Gasteiger partial charge is 0.241 e. The molecule has 0 aromatic heterocycles. The van der Waals surface area contributed by atoms with Crippen LogP contribution in [0.1, 0.15) is 20.3 Å². The summed E-state index contributed by atoms with van der Waals surface area (Å²) in [5.41, 5.74) is 0. The van der Waals surface area contributed by atoms with Gasteiger partial charge in [-0.3, -0.25) is 0 Å². The van der Waals surface area contributed by atoms with Crippen LogP contribution < -0.4 is 0 Å². The van der Waals surface area contributed by atoms with E-state index in [1.807, 2.05) is 0 Å². The predicted octanol–water partition coefficient (Wildman–Crippen LogP) is 2.39. The highest BCUT2D eigenvalue weighted by atomic mass is 19.3. The highest BCUT2D eigenvalue weighted by Crippen LogP contribution is 2.21. The fourth-order valence-electron chi connectivity index (χ4n) is 0.358. The fourth-order valence-corrected chi connectivity index (χ4v) is 0.358. The van der Waals surface area contributed by atoms with E-state index in [0.717, 1.165) is 0 Å². The van der Waals surface area contributed by atoms with E-state index in [4.69, 9.17) is 0 Å². The van der Waals surface area contributed by atoms with E-state index in [0.29, 0.717) is 6.92 Å². The minimum absolute atomic E-state index is 0.122. The van der Waals surface area contributed by atoms with Crippen LogP contribution in [0.4, 0.5) is 13.2 Å². The Kier molecular flexibility index (Phi) is 2.31. The zero-order valence-electron chi connectivity index (χ0n) is 4.92. The number of alkyl halides is 3. The molecule has 0 amide bonds. The molecule has 0 aromatic rings. The van der Waals surface area contributed by atoms with Gasteiger partial charge >= 0.3 is 0 Å². The third kappa shape index (κ3) is 2.19. The van der Waals surface area contributed by atoms with Gasteiger partial charge < -0.3 is 0 Å². The molecule has 0 heterocycles. The summed E-state index contributed by atoms with van der Waals surface area (Å²) in [4.78, 5) is 0. The molecule has 0 saturated heterocycles. The van der Waals surface area contributed by atoms with Crippen LogP contribution in [0.5, 0.6) is 0 Å². The molecule has 0 aliphatic heterocycles. The molecule has 0 aliphatic rings. The van der Waals surface area contributed by atoms with E-state index in [-0.39, 0.29) is 6.42 Å². The number of hydrogen-bond donors (Lipinski definition) is 0. The zero-order valence-corrected chi connectivity index (χ0v) is 4.92. The highest BCUT2D eigenvalue weighted by molar-refractivity contribution is 4.68. The lowest BCUT2D eigenvalue weighted by Gasteiger charge is -2.12. The van der Waals surface area contributed by atoms with Crippen molar-refractivity contribution in [3.8, 4) is 0 Å². The quantitative estimate of drug-likeness (QED) is 0.533. The summed E-state index contributed by atoms with van der Waals surface area (Å²) in [5, 5.41) is 0. The molecule has 0 bridgehead atoms. The lowest BCUT2D eigenvalue weighted by atomic mass is 10.2. The maximum atomic E-state index is 11.9. The number of rotatable bonds is 2. The summed E-state index contributed by atoms with van der Waals surface area (Å²) in [6, 6.07) is 0. The topological polar surface area (TPSA) is 0 Å². The molecule has 0 aromatic carbocycles. The molecular weight excluding hydrogens is 117 g/mol. The Balaban J connectivity index is 3.62. The number of hydrogen-bond acceptors (Lipinski definition) is 0. The molecule has 0 nitrogen and oxygen atoms in total. The lowest BCUT2D eigenvalue weighted by molar-refractivity contribution is -0.0558. The van der Waals surface area contributed by atoms with Gasteiger partial charge in [-0.05, 0) is 6.42 Å². The molecule has 0 spiro atoms. The second-order valence-electron chi connectivity index (χ2n) is 1.83. The monoisotopic (exact) mass is 126 g/mol. The average molecular weight is 126 g/mol. The van der Waals surface area contributed by atoms with Crippen molar-refractivity contribution < 1.29 is 13.2 Å². The zero-order chi connectivity index (χ0) is 6.78. The van der Waals surface area contributed by atoms with Crippen molar-refractivity contribution in [2.45, 2.75) is 32.4 Å². The minimum Gasteiger partial charge on any atom is -0.241 e. The van der Waals surface area contributed by atoms with Crippen molar-refractivity contribution in [3.63, 3.8) is 0 Å². The Hall–Kier alpha value is -0.210. The van der Waals surface area contributed by atoms with Gasteiger partial charge in [0.15, 0.2) is 6.17 Å². The van der Waals surface area contributed by atoms with E-state index in [2.05, 4.69) is 0 Å². The summed E-state index contributed by atoms with van der Waals surface area (Å²) in [5.74, 6) is -3.16. The number of halogens is 3. The molecular formula is C5H9F3. The predicted molar refractivity (Wildman–Crippen MR) is 25.8 cm³/mol. The Labute approximate surface area is 46.7 Å². The summed E-state index contributed by atoms with van der Waals surface area (Å²) >= 11 is 0. The van der Waals surface area contributed by atoms with Crippen LogP contribution in [0.25, 0.3) is 0 Å². The first-order valence-corrected chi connectivity index (χ1v) is 2.50. The van der Waals surface area contributed by atoms with E-state index >= 15 is 0 Å². The summed E-state index contributed by atoms with van der Waals surface area (Å²) in [6.45, 7) is 1.98.